The van der Waals surface area contributed by atoms with E-state index in [2.05, 4.69) is 22.6 Å². The first kappa shape index (κ1) is 13.3. The Morgan fingerprint density at radius 1 is 1.50 bits per heavy atom. The van der Waals surface area contributed by atoms with Crippen molar-refractivity contribution in [1.29, 1.82) is 0 Å². The summed E-state index contributed by atoms with van der Waals surface area (Å²) in [4.78, 5) is 9.42. The van der Waals surface area contributed by atoms with Gasteiger partial charge in [-0.2, -0.15) is 0 Å². The number of alkyl halides is 2. The first-order chi connectivity index (χ1) is 5.74. The van der Waals surface area contributed by atoms with E-state index in [1.54, 1.807) is 0 Å². The van der Waals surface area contributed by atoms with Crippen LogP contribution >= 0.6 is 22.6 Å². The summed E-state index contributed by atoms with van der Waals surface area (Å²) in [6.45, 7) is 0.691. The molecule has 12 heavy (non-hydrogen) atoms. The van der Waals surface area contributed by atoms with Gasteiger partial charge in [0.05, 0.1) is 0 Å². The third-order valence-electron chi connectivity index (χ3n) is 0.876. The molecular weight excluding hydrogens is 390 g/mol. The van der Waals surface area contributed by atoms with E-state index >= 15 is 0 Å². The van der Waals surface area contributed by atoms with Gasteiger partial charge in [-0.1, -0.05) is 0 Å². The van der Waals surface area contributed by atoms with Crippen molar-refractivity contribution in [2.45, 2.75) is 8.35 Å². The van der Waals surface area contributed by atoms with Crippen LogP contribution in [0.2, 0.25) is 0 Å². The van der Waals surface area contributed by atoms with Crippen molar-refractivity contribution in [3.8, 4) is 0 Å². The van der Waals surface area contributed by atoms with Crippen molar-refractivity contribution < 1.29 is 34.5 Å². The zero-order valence-electron chi connectivity index (χ0n) is 7.00. The number of hydrogen-bond acceptors (Lipinski definition) is 5. The fourth-order valence-electron chi connectivity index (χ4n) is 0.377. The van der Waals surface area contributed by atoms with E-state index in [4.69, 9.17) is 18.6 Å². The summed E-state index contributed by atoms with van der Waals surface area (Å²) < 4.78 is 5.68. The number of nitrogens with two attached hydrogens (primary N) is 1. The molecule has 0 rings (SSSR count). The summed E-state index contributed by atoms with van der Waals surface area (Å²) in [6, 6.07) is 0. The Morgan fingerprint density at radius 3 is 2.50 bits per heavy atom. The Bertz CT molecular complexity index is 105. The van der Waals surface area contributed by atoms with Gasteiger partial charge in [-0.15, -0.1) is 0 Å². The molecule has 76 valence electrons. The van der Waals surface area contributed by atoms with E-state index in [0.717, 1.165) is 11.8 Å². The van der Waals surface area contributed by atoms with E-state index in [1.807, 2.05) is 0 Å². The molecule has 5 nitrogen and oxygen atoms in total. The second-order valence-corrected chi connectivity index (χ2v) is 8.01. The van der Waals surface area contributed by atoms with Crippen LogP contribution in [0.5, 0.6) is 0 Å². The second-order valence-electron chi connectivity index (χ2n) is 1.72. The van der Waals surface area contributed by atoms with Gasteiger partial charge >= 0.3 is 97.3 Å². The predicted octanol–water partition coefficient (Wildman–Crippen LogP) is -2.54. The molecule has 0 aromatic carbocycles. The van der Waals surface area contributed by atoms with Gasteiger partial charge in [0.2, 0.25) is 0 Å². The number of nitrogens with zero attached hydrogens (tertiary/aromatic N) is 1. The van der Waals surface area contributed by atoms with Crippen LogP contribution in [-0.2, 0) is 12.8 Å². The van der Waals surface area contributed by atoms with E-state index < -0.39 is 21.6 Å². The molecule has 0 amide bonds. The first-order valence-corrected chi connectivity index (χ1v) is 6.64. The first-order valence-electron chi connectivity index (χ1n) is 3.27. The molecule has 1 unspecified atom stereocenters. The van der Waals surface area contributed by atoms with Crippen LogP contribution < -0.4 is 27.4 Å². The number of halogens is 2. The van der Waals surface area contributed by atoms with Crippen LogP contribution in [0.3, 0.4) is 0 Å². The Balaban J connectivity index is 3.37. The quantitative estimate of drug-likeness (QED) is 0.289. The van der Waals surface area contributed by atoms with Crippen LogP contribution in [0.25, 0.3) is 0 Å². The molecular formula is C5H13I2N2O3-. The summed E-state index contributed by atoms with van der Waals surface area (Å²) in [5.41, 5.74) is 5.38. The summed E-state index contributed by atoms with van der Waals surface area (Å²) in [6.07, 6.45) is 0.967. The average Bonchev–Trinajstić information content (AvgIpc) is 2.07. The maximum atomic E-state index is 5.38. The molecule has 0 heterocycles. The third kappa shape index (κ3) is 6.74. The maximum absolute atomic E-state index is 5.38. The van der Waals surface area contributed by atoms with Crippen LogP contribution in [0, 0.1) is 0 Å². The molecule has 2 N–H and O–H groups in total. The van der Waals surface area contributed by atoms with Crippen molar-refractivity contribution in [3.63, 3.8) is 0 Å². The van der Waals surface area contributed by atoms with E-state index in [-0.39, 0.29) is 0 Å². The Kier molecular flexibility index (Phi) is 9.77. The molecule has 7 heteroatoms. The zero-order valence-corrected chi connectivity index (χ0v) is 11.3. The molecule has 0 saturated heterocycles. The van der Waals surface area contributed by atoms with Gasteiger partial charge in [-0.25, -0.2) is 0 Å². The monoisotopic (exact) mass is 403 g/mol. The molecule has 0 saturated carbocycles. The predicted molar refractivity (Wildman–Crippen MR) is 48.4 cm³/mol. The normalized spacial score (nSPS) is 14.1. The Labute approximate surface area is 96.7 Å². The third-order valence-corrected chi connectivity index (χ3v) is 4.51. The summed E-state index contributed by atoms with van der Waals surface area (Å²) in [5.74, 6) is 0. The molecule has 0 aliphatic rings. The van der Waals surface area contributed by atoms with E-state index in [1.165, 1.54) is 14.2 Å². The van der Waals surface area contributed by atoms with Crippen LogP contribution in [0.15, 0.2) is 0 Å². The Morgan fingerprint density at radius 2 is 2.08 bits per heavy atom. The van der Waals surface area contributed by atoms with Crippen molar-refractivity contribution in [2.75, 3.05) is 20.8 Å². The molecule has 0 radical (unpaired) electrons. The van der Waals surface area contributed by atoms with Crippen molar-refractivity contribution in [3.05, 3.63) is 0 Å². The Hall–Kier alpha value is 1.26. The van der Waals surface area contributed by atoms with Crippen molar-refractivity contribution in [2.24, 2.45) is 5.73 Å². The standard InChI is InChI=1S/C5H13I2N2O3/c1-10-9(11-2)12-7-5(6)3-4-8/h5H,3-4,8H2,1-2H3/q-1. The fourth-order valence-corrected chi connectivity index (χ4v) is 2.68. The molecule has 0 aliphatic heterocycles. The topological polar surface area (TPSA) is 57.0 Å². The number of hydrogen-bond donors (Lipinski definition) is 1. The number of rotatable bonds is 7. The zero-order chi connectivity index (χ0) is 9.40. The van der Waals surface area contributed by atoms with E-state index in [9.17, 15) is 0 Å². The van der Waals surface area contributed by atoms with Crippen LogP contribution in [-0.4, -0.2) is 28.1 Å². The minimum absolute atomic E-state index is 0.415. The van der Waals surface area contributed by atoms with Gasteiger partial charge in [0.1, 0.15) is 0 Å². The molecule has 0 aromatic heterocycles. The summed E-state index contributed by atoms with van der Waals surface area (Å²) in [7, 11) is 2.97. The van der Waals surface area contributed by atoms with Crippen LogP contribution in [0.1, 0.15) is 6.42 Å². The minimum atomic E-state index is -0.415. The van der Waals surface area contributed by atoms with Gasteiger partial charge < -0.3 is 0 Å². The van der Waals surface area contributed by atoms with Gasteiger partial charge in [0, 0.05) is 0 Å². The summed E-state index contributed by atoms with van der Waals surface area (Å²) >= 11 is 1.90. The fraction of sp³-hybridized carbons (Fsp3) is 1.00. The van der Waals surface area contributed by atoms with Crippen LogP contribution in [0.4, 0.5) is 0 Å². The summed E-state index contributed by atoms with van der Waals surface area (Å²) in [5, 5.41) is 1.01. The molecule has 0 aromatic rings. The van der Waals surface area contributed by atoms with Gasteiger partial charge in [-0.3, -0.25) is 0 Å². The van der Waals surface area contributed by atoms with E-state index in [0.29, 0.717) is 8.48 Å². The average molecular weight is 403 g/mol. The van der Waals surface area contributed by atoms with Gasteiger partial charge in [-0.05, 0) is 0 Å². The van der Waals surface area contributed by atoms with Crippen molar-refractivity contribution in [1.82, 2.24) is 5.39 Å². The van der Waals surface area contributed by atoms with Gasteiger partial charge in [0.25, 0.3) is 0 Å². The SMILES string of the molecule is CON(OC)O[I-]C(I)CCN. The van der Waals surface area contributed by atoms with Gasteiger partial charge in [0.15, 0.2) is 0 Å². The molecule has 0 bridgehead atoms. The molecule has 0 fully saturated rings. The molecule has 1 atom stereocenters. The molecule has 0 spiro atoms. The molecule has 0 aliphatic carbocycles. The second kappa shape index (κ2) is 8.84. The van der Waals surface area contributed by atoms with Crippen molar-refractivity contribution >= 4 is 22.6 Å².